The number of hydrogen-bond acceptors (Lipinski definition) is 7. The zero-order chi connectivity index (χ0) is 31.4. The minimum Gasteiger partial charge on any atom is -0.461 e. The molecule has 44 heavy (non-hydrogen) atoms. The average Bonchev–Trinajstić information content (AvgIpc) is 3.01. The van der Waals surface area contributed by atoms with Gasteiger partial charge in [-0.3, -0.25) is 14.7 Å². The van der Waals surface area contributed by atoms with Crippen LogP contribution in [0.5, 0.6) is 0 Å². The molecular formula is C36H42N4O4. The Morgan fingerprint density at radius 1 is 1.00 bits per heavy atom. The van der Waals surface area contributed by atoms with Gasteiger partial charge in [-0.25, -0.2) is 4.79 Å². The van der Waals surface area contributed by atoms with Crippen LogP contribution in [-0.2, 0) is 9.53 Å². The highest BCUT2D eigenvalue weighted by molar-refractivity contribution is 6.09. The number of carbonyl (C=O) groups is 2. The van der Waals surface area contributed by atoms with Gasteiger partial charge in [0.1, 0.15) is 18.0 Å². The Labute approximate surface area is 259 Å². The fraction of sp³-hybridized carbons (Fsp3) is 0.361. The lowest BCUT2D eigenvalue weighted by molar-refractivity contribution is -0.139. The van der Waals surface area contributed by atoms with Crippen molar-refractivity contribution in [3.8, 4) is 22.5 Å². The van der Waals surface area contributed by atoms with Crippen molar-refractivity contribution in [3.63, 3.8) is 0 Å². The van der Waals surface area contributed by atoms with Crippen LogP contribution < -0.4 is 10.7 Å². The lowest BCUT2D eigenvalue weighted by Gasteiger charge is -2.35. The summed E-state index contributed by atoms with van der Waals surface area (Å²) < 4.78 is 11.8. The van der Waals surface area contributed by atoms with Crippen molar-refractivity contribution in [2.24, 2.45) is 4.99 Å². The molecule has 1 N–H and O–H groups in total. The van der Waals surface area contributed by atoms with Crippen LogP contribution in [0.25, 0.3) is 33.4 Å². The monoisotopic (exact) mass is 594 g/mol. The SMILES string of the molecule is C=C(C)C(=O)OCCN1CCN(C(=O)c2ccccc2-c2c3cc(C)c(=NCC)cc-3oc3cc(NCC)c(C)cc23)CC1. The summed E-state index contributed by atoms with van der Waals surface area (Å²) in [5, 5.41) is 5.31. The predicted molar refractivity (Wildman–Crippen MR) is 176 cm³/mol. The van der Waals surface area contributed by atoms with E-state index in [9.17, 15) is 9.59 Å². The van der Waals surface area contributed by atoms with Crippen molar-refractivity contribution in [1.29, 1.82) is 0 Å². The second-order valence-electron chi connectivity index (χ2n) is 11.4. The third-order valence-corrected chi connectivity index (χ3v) is 8.15. The number of nitrogens with zero attached hydrogens (tertiary/aromatic N) is 3. The fourth-order valence-electron chi connectivity index (χ4n) is 5.82. The van der Waals surface area contributed by atoms with Crippen LogP contribution in [0.15, 0.2) is 70.1 Å². The number of benzene rings is 3. The number of esters is 1. The molecule has 0 saturated carbocycles. The molecule has 0 aromatic heterocycles. The number of rotatable bonds is 9. The van der Waals surface area contributed by atoms with E-state index in [-0.39, 0.29) is 11.9 Å². The molecule has 0 radical (unpaired) electrons. The van der Waals surface area contributed by atoms with Crippen LogP contribution in [0.1, 0.15) is 42.3 Å². The number of carbonyl (C=O) groups excluding carboxylic acids is 2. The minimum absolute atomic E-state index is 0.00590. The van der Waals surface area contributed by atoms with Crippen LogP contribution in [0.3, 0.4) is 0 Å². The van der Waals surface area contributed by atoms with E-state index in [1.165, 1.54) is 0 Å². The van der Waals surface area contributed by atoms with E-state index in [0.717, 1.165) is 62.1 Å². The molecule has 1 aliphatic carbocycles. The van der Waals surface area contributed by atoms with Gasteiger partial charge in [0.05, 0.1) is 5.36 Å². The first-order valence-corrected chi connectivity index (χ1v) is 15.4. The van der Waals surface area contributed by atoms with Gasteiger partial charge in [-0.2, -0.15) is 0 Å². The topological polar surface area (TPSA) is 87.4 Å². The van der Waals surface area contributed by atoms with Crippen molar-refractivity contribution in [3.05, 3.63) is 82.7 Å². The third-order valence-electron chi connectivity index (χ3n) is 8.15. The van der Waals surface area contributed by atoms with Crippen LogP contribution in [0.4, 0.5) is 5.69 Å². The summed E-state index contributed by atoms with van der Waals surface area (Å²) in [7, 11) is 0. The molecule has 8 nitrogen and oxygen atoms in total. The van der Waals surface area contributed by atoms with Gasteiger partial charge in [0.25, 0.3) is 5.91 Å². The van der Waals surface area contributed by atoms with Crippen molar-refractivity contribution in [1.82, 2.24) is 9.80 Å². The molecule has 0 bridgehead atoms. The highest BCUT2D eigenvalue weighted by Gasteiger charge is 2.27. The highest BCUT2D eigenvalue weighted by atomic mass is 16.5. The Morgan fingerprint density at radius 2 is 1.75 bits per heavy atom. The number of aryl methyl sites for hydroxylation is 2. The Bertz CT molecular complexity index is 1750. The van der Waals surface area contributed by atoms with Crippen LogP contribution in [0, 0.1) is 13.8 Å². The molecule has 0 atom stereocenters. The molecule has 1 fully saturated rings. The Kier molecular flexibility index (Phi) is 9.49. The summed E-state index contributed by atoms with van der Waals surface area (Å²) in [4.78, 5) is 34.7. The standard InChI is InChI=1S/C36H42N4O4/c1-7-37-30-21-32-28(19-24(30)5)34(29-20-25(6)31(38-8-2)22-33(29)44-32)26-11-9-10-12-27(26)35(41)40-15-13-39(14-16-40)17-18-43-36(42)23(3)4/h9-12,19-22,37H,3,7-8,13-18H2,1-2,4-6H3. The van der Waals surface area contributed by atoms with Gasteiger partial charge in [-0.05, 0) is 69.5 Å². The average molecular weight is 595 g/mol. The van der Waals surface area contributed by atoms with Gasteiger partial charge in [0.15, 0.2) is 0 Å². The van der Waals surface area contributed by atoms with Gasteiger partial charge < -0.3 is 19.4 Å². The number of nitrogens with one attached hydrogen (secondary N) is 1. The smallest absolute Gasteiger partial charge is 0.333 e. The van der Waals surface area contributed by atoms with Crippen molar-refractivity contribution in [2.75, 3.05) is 57.7 Å². The maximum atomic E-state index is 14.1. The molecule has 2 aliphatic heterocycles. The second-order valence-corrected chi connectivity index (χ2v) is 11.4. The molecule has 2 aromatic carbocycles. The van der Waals surface area contributed by atoms with E-state index in [4.69, 9.17) is 9.15 Å². The first kappa shape index (κ1) is 31.0. The van der Waals surface area contributed by atoms with Crippen molar-refractivity contribution in [2.45, 2.75) is 34.6 Å². The second kappa shape index (κ2) is 13.5. The van der Waals surface area contributed by atoms with Gasteiger partial charge in [-0.15, -0.1) is 0 Å². The Hall–Kier alpha value is -4.43. The van der Waals surface area contributed by atoms with Crippen molar-refractivity contribution < 1.29 is 18.7 Å². The molecule has 1 saturated heterocycles. The summed E-state index contributed by atoms with van der Waals surface area (Å²) in [5.41, 5.74) is 7.83. The Balaban J connectivity index is 1.53. The van der Waals surface area contributed by atoms with Gasteiger partial charge >= 0.3 is 5.97 Å². The third kappa shape index (κ3) is 6.40. The molecule has 5 rings (SSSR count). The maximum Gasteiger partial charge on any atom is 0.333 e. The molecule has 8 heteroatoms. The van der Waals surface area contributed by atoms with Crippen LogP contribution >= 0.6 is 0 Å². The molecule has 0 spiro atoms. The predicted octanol–water partition coefficient (Wildman–Crippen LogP) is 6.05. The normalized spacial score (nSPS) is 14.3. The maximum absolute atomic E-state index is 14.1. The lowest BCUT2D eigenvalue weighted by atomic mass is 9.89. The minimum atomic E-state index is -0.372. The van der Waals surface area contributed by atoms with Gasteiger partial charge in [0, 0.05) is 91.3 Å². The lowest BCUT2D eigenvalue weighted by Crippen LogP contribution is -2.49. The molecule has 230 valence electrons. The van der Waals surface area contributed by atoms with E-state index in [1.807, 2.05) is 42.2 Å². The molecule has 3 aliphatic rings. The first-order chi connectivity index (χ1) is 21.2. The molecule has 2 aromatic rings. The largest absolute Gasteiger partial charge is 0.461 e. The van der Waals surface area contributed by atoms with Crippen LogP contribution in [0.2, 0.25) is 0 Å². The summed E-state index contributed by atoms with van der Waals surface area (Å²) in [6, 6.07) is 16.3. The molecule has 1 amide bonds. The zero-order valence-corrected chi connectivity index (χ0v) is 26.5. The number of fused-ring (bicyclic) bond motifs is 2. The van der Waals surface area contributed by atoms with Gasteiger partial charge in [0.2, 0.25) is 0 Å². The Morgan fingerprint density at radius 3 is 2.45 bits per heavy atom. The van der Waals surface area contributed by atoms with Crippen LogP contribution in [-0.4, -0.2) is 74.1 Å². The number of amides is 1. The van der Waals surface area contributed by atoms with E-state index in [0.29, 0.717) is 57.0 Å². The number of hydrogen-bond donors (Lipinski definition) is 1. The summed E-state index contributed by atoms with van der Waals surface area (Å²) in [6.45, 7) is 18.6. The van der Waals surface area contributed by atoms with Gasteiger partial charge in [-0.1, -0.05) is 24.8 Å². The van der Waals surface area contributed by atoms with E-state index >= 15 is 0 Å². The van der Waals surface area contributed by atoms with E-state index in [2.05, 4.69) is 60.8 Å². The number of piperazine rings is 1. The zero-order valence-electron chi connectivity index (χ0n) is 26.5. The fourth-order valence-corrected chi connectivity index (χ4v) is 5.82. The quantitative estimate of drug-likeness (QED) is 0.144. The van der Waals surface area contributed by atoms with E-state index in [1.54, 1.807) is 6.92 Å². The first-order valence-electron chi connectivity index (χ1n) is 15.4. The summed E-state index contributed by atoms with van der Waals surface area (Å²) in [6.07, 6.45) is 0. The highest BCUT2D eigenvalue weighted by Crippen LogP contribution is 2.43. The molecule has 2 heterocycles. The number of anilines is 1. The van der Waals surface area contributed by atoms with E-state index < -0.39 is 0 Å². The molecular weight excluding hydrogens is 552 g/mol. The molecule has 0 unspecified atom stereocenters. The summed E-state index contributed by atoms with van der Waals surface area (Å²) >= 11 is 0. The van der Waals surface area contributed by atoms with Crippen molar-refractivity contribution >= 4 is 28.5 Å². The number of ether oxygens (including phenoxy) is 1. The summed E-state index contributed by atoms with van der Waals surface area (Å²) in [5.74, 6) is 0.370.